The fourth-order valence-electron chi connectivity index (χ4n) is 3.18. The number of anilines is 1. The number of hydrogen-bond donors (Lipinski definition) is 2. The third-order valence-electron chi connectivity index (χ3n) is 4.41. The Hall–Kier alpha value is -2.15. The number of carbonyl (C=O) groups is 2. The number of piperidine rings is 1. The van der Waals surface area contributed by atoms with Crippen LogP contribution in [0.4, 0.5) is 5.69 Å². The summed E-state index contributed by atoms with van der Waals surface area (Å²) >= 11 is 0. The first kappa shape index (κ1) is 15.7. The van der Waals surface area contributed by atoms with E-state index in [1.807, 2.05) is 12.1 Å². The summed E-state index contributed by atoms with van der Waals surface area (Å²) in [5.41, 5.74) is 0.940. The van der Waals surface area contributed by atoms with E-state index in [1.54, 1.807) is 22.2 Å². The molecule has 3 rings (SSSR count). The molecular formula is C16H22N4O3. The van der Waals surface area contributed by atoms with Crippen LogP contribution in [0.15, 0.2) is 24.5 Å². The van der Waals surface area contributed by atoms with Crippen LogP contribution in [0.2, 0.25) is 0 Å². The lowest BCUT2D eigenvalue weighted by atomic mass is 9.96. The Kier molecular flexibility index (Phi) is 4.76. The average molecular weight is 318 g/mol. The number of nitrogens with one attached hydrogen (secondary N) is 1. The van der Waals surface area contributed by atoms with E-state index >= 15 is 0 Å². The van der Waals surface area contributed by atoms with Crippen molar-refractivity contribution in [2.45, 2.75) is 31.4 Å². The van der Waals surface area contributed by atoms with Crippen molar-refractivity contribution in [3.8, 4) is 0 Å². The number of pyridine rings is 1. The van der Waals surface area contributed by atoms with Crippen LogP contribution in [0.3, 0.4) is 0 Å². The smallest absolute Gasteiger partial charge is 0.245 e. The molecule has 7 nitrogen and oxygen atoms in total. The molecule has 2 aliphatic rings. The first-order chi connectivity index (χ1) is 11.1. The van der Waals surface area contributed by atoms with Gasteiger partial charge in [-0.1, -0.05) is 0 Å². The third-order valence-corrected chi connectivity index (χ3v) is 4.41. The number of fused-ring (bicyclic) bond motifs is 1. The lowest BCUT2D eigenvalue weighted by Crippen LogP contribution is -2.63. The fraction of sp³-hybridized carbons (Fsp3) is 0.562. The van der Waals surface area contributed by atoms with Crippen molar-refractivity contribution in [2.75, 3.05) is 31.5 Å². The molecule has 2 fully saturated rings. The molecule has 0 saturated carbocycles. The van der Waals surface area contributed by atoms with Crippen molar-refractivity contribution in [3.63, 3.8) is 0 Å². The molecule has 0 unspecified atom stereocenters. The largest absolute Gasteiger partial charge is 0.393 e. The van der Waals surface area contributed by atoms with Gasteiger partial charge in [0.05, 0.1) is 18.3 Å². The zero-order valence-electron chi connectivity index (χ0n) is 13.0. The fourth-order valence-corrected chi connectivity index (χ4v) is 3.18. The van der Waals surface area contributed by atoms with Crippen molar-refractivity contribution < 1.29 is 14.7 Å². The number of aliphatic hydroxyl groups excluding tert-OH is 1. The number of hydrogen-bond acceptors (Lipinski definition) is 5. The molecular weight excluding hydrogens is 296 g/mol. The van der Waals surface area contributed by atoms with Gasteiger partial charge in [0.2, 0.25) is 11.8 Å². The van der Waals surface area contributed by atoms with Crippen molar-refractivity contribution >= 4 is 17.5 Å². The molecule has 0 bridgehead atoms. The minimum absolute atomic E-state index is 0.0123. The van der Waals surface area contributed by atoms with E-state index in [4.69, 9.17) is 0 Å². The average Bonchev–Trinajstić information content (AvgIpc) is 2.56. The van der Waals surface area contributed by atoms with Gasteiger partial charge in [-0.2, -0.15) is 0 Å². The van der Waals surface area contributed by atoms with Crippen LogP contribution >= 0.6 is 0 Å². The van der Waals surface area contributed by atoms with Crippen molar-refractivity contribution in [3.05, 3.63) is 24.5 Å². The molecule has 2 amide bonds. The molecule has 0 aromatic carbocycles. The summed E-state index contributed by atoms with van der Waals surface area (Å²) in [5, 5.41) is 13.0. The van der Waals surface area contributed by atoms with Crippen LogP contribution in [-0.2, 0) is 9.59 Å². The molecule has 7 heteroatoms. The molecule has 2 atom stereocenters. The summed E-state index contributed by atoms with van der Waals surface area (Å²) in [7, 11) is 0. The lowest BCUT2D eigenvalue weighted by molar-refractivity contribution is -0.160. The Balaban J connectivity index is 1.50. The Labute approximate surface area is 135 Å². The first-order valence-electron chi connectivity index (χ1n) is 8.05. The maximum absolute atomic E-state index is 12.5. The van der Waals surface area contributed by atoms with E-state index < -0.39 is 12.1 Å². The number of rotatable bonds is 5. The maximum Gasteiger partial charge on any atom is 0.245 e. The number of piperazine rings is 1. The van der Waals surface area contributed by atoms with Crippen LogP contribution in [0.25, 0.3) is 0 Å². The van der Waals surface area contributed by atoms with Gasteiger partial charge in [0.25, 0.3) is 0 Å². The van der Waals surface area contributed by atoms with Gasteiger partial charge in [-0.3, -0.25) is 14.6 Å². The third kappa shape index (κ3) is 3.61. The monoisotopic (exact) mass is 318 g/mol. The molecule has 2 saturated heterocycles. The van der Waals surface area contributed by atoms with Gasteiger partial charge in [-0.15, -0.1) is 0 Å². The Bertz CT molecular complexity index is 566. The summed E-state index contributed by atoms with van der Waals surface area (Å²) < 4.78 is 0. The van der Waals surface area contributed by atoms with E-state index in [2.05, 4.69) is 10.3 Å². The molecule has 23 heavy (non-hydrogen) atoms. The summed E-state index contributed by atoms with van der Waals surface area (Å²) in [6.07, 6.45) is 4.65. The van der Waals surface area contributed by atoms with Crippen LogP contribution in [0.1, 0.15) is 19.3 Å². The van der Waals surface area contributed by atoms with Crippen molar-refractivity contribution in [2.24, 2.45) is 0 Å². The zero-order valence-corrected chi connectivity index (χ0v) is 13.0. The quantitative estimate of drug-likeness (QED) is 0.751. The second-order valence-electron chi connectivity index (χ2n) is 6.06. The van der Waals surface area contributed by atoms with Gasteiger partial charge < -0.3 is 20.2 Å². The Morgan fingerprint density at radius 2 is 2.26 bits per heavy atom. The van der Waals surface area contributed by atoms with E-state index in [9.17, 15) is 14.7 Å². The van der Waals surface area contributed by atoms with Gasteiger partial charge in [-0.05, 0) is 25.0 Å². The van der Waals surface area contributed by atoms with Crippen LogP contribution in [0.5, 0.6) is 0 Å². The second kappa shape index (κ2) is 6.95. The number of carbonyl (C=O) groups excluding carboxylic acids is 2. The van der Waals surface area contributed by atoms with Crippen LogP contribution in [0, 0.1) is 0 Å². The number of aliphatic hydroxyl groups is 1. The Morgan fingerprint density at radius 1 is 1.39 bits per heavy atom. The van der Waals surface area contributed by atoms with Crippen LogP contribution < -0.4 is 5.32 Å². The Morgan fingerprint density at radius 3 is 3.04 bits per heavy atom. The molecule has 1 aromatic rings. The highest BCUT2D eigenvalue weighted by Gasteiger charge is 2.42. The molecule has 0 radical (unpaired) electrons. The summed E-state index contributed by atoms with van der Waals surface area (Å²) in [5.74, 6) is -0.0496. The molecule has 2 aliphatic heterocycles. The van der Waals surface area contributed by atoms with Gasteiger partial charge >= 0.3 is 0 Å². The molecule has 2 N–H and O–H groups in total. The number of amides is 2. The van der Waals surface area contributed by atoms with Crippen molar-refractivity contribution in [1.29, 1.82) is 0 Å². The zero-order chi connectivity index (χ0) is 16.2. The highest BCUT2D eigenvalue weighted by Crippen LogP contribution is 2.23. The first-order valence-corrected chi connectivity index (χ1v) is 8.05. The summed E-state index contributed by atoms with van der Waals surface area (Å²) in [6.45, 7) is 1.88. The van der Waals surface area contributed by atoms with Gasteiger partial charge in [0.15, 0.2) is 0 Å². The topological polar surface area (TPSA) is 85.8 Å². The highest BCUT2D eigenvalue weighted by atomic mass is 16.3. The van der Waals surface area contributed by atoms with Gasteiger partial charge in [0.1, 0.15) is 6.04 Å². The van der Waals surface area contributed by atoms with E-state index in [0.717, 1.165) is 12.1 Å². The lowest BCUT2D eigenvalue weighted by Gasteiger charge is -2.44. The van der Waals surface area contributed by atoms with Gasteiger partial charge in [0, 0.05) is 38.4 Å². The molecule has 0 aliphatic carbocycles. The van der Waals surface area contributed by atoms with E-state index in [1.165, 1.54) is 0 Å². The minimum Gasteiger partial charge on any atom is -0.393 e. The predicted octanol–water partition coefficient (Wildman–Crippen LogP) is 0.0777. The summed E-state index contributed by atoms with van der Waals surface area (Å²) in [4.78, 5) is 31.9. The van der Waals surface area contributed by atoms with E-state index in [-0.39, 0.29) is 18.4 Å². The van der Waals surface area contributed by atoms with Crippen molar-refractivity contribution in [1.82, 2.24) is 14.8 Å². The second-order valence-corrected chi connectivity index (χ2v) is 6.06. The molecule has 3 heterocycles. The summed E-state index contributed by atoms with van der Waals surface area (Å²) in [6, 6.07) is 3.31. The number of nitrogens with zero attached hydrogens (tertiary/aromatic N) is 3. The molecule has 0 spiro atoms. The van der Waals surface area contributed by atoms with Crippen LogP contribution in [-0.4, -0.2) is 70.0 Å². The SMILES string of the molecule is O=C1[C@H]2C[C@@H](O)CCN2C(=O)CN1CCCNc1cccnc1. The predicted molar refractivity (Wildman–Crippen MR) is 84.7 cm³/mol. The maximum atomic E-state index is 12.5. The molecule has 124 valence electrons. The highest BCUT2D eigenvalue weighted by molar-refractivity contribution is 5.95. The van der Waals surface area contributed by atoms with E-state index in [0.29, 0.717) is 32.5 Å². The number of aromatic nitrogens is 1. The van der Waals surface area contributed by atoms with Gasteiger partial charge in [-0.25, -0.2) is 0 Å². The molecule has 1 aromatic heterocycles. The normalized spacial score (nSPS) is 24.6. The minimum atomic E-state index is -0.486. The standard InChI is InChI=1S/C16H22N4O3/c21-13-4-8-20-14(9-13)16(23)19(11-15(20)22)7-2-6-18-12-3-1-5-17-10-12/h1,3,5,10,13-14,18,21H,2,4,6-9,11H2/t13-,14+/m0/s1.